The van der Waals surface area contributed by atoms with Crippen LogP contribution >= 0.6 is 11.3 Å². The Morgan fingerprint density at radius 2 is 2.29 bits per heavy atom. The number of amides is 2. The highest BCUT2D eigenvalue weighted by Gasteiger charge is 2.24. The first kappa shape index (κ1) is 16.4. The summed E-state index contributed by atoms with van der Waals surface area (Å²) in [5.74, 6) is 0.545. The number of ether oxygens (including phenoxy) is 1. The number of anilines is 2. The Morgan fingerprint density at radius 3 is 2.92 bits per heavy atom. The van der Waals surface area contributed by atoms with E-state index in [9.17, 15) is 9.59 Å². The fraction of sp³-hybridized carbons (Fsp3) is 0.353. The number of carbonyl (C=O) groups excluding carboxylic acids is 2. The van der Waals surface area contributed by atoms with Gasteiger partial charge in [0.05, 0.1) is 29.9 Å². The van der Waals surface area contributed by atoms with Crippen LogP contribution in [0.3, 0.4) is 0 Å². The number of rotatable bonds is 5. The third-order valence-corrected chi connectivity index (χ3v) is 4.66. The fourth-order valence-electron chi connectivity index (χ4n) is 2.74. The van der Waals surface area contributed by atoms with Gasteiger partial charge in [-0.05, 0) is 25.5 Å². The van der Waals surface area contributed by atoms with Crippen LogP contribution in [0.2, 0.25) is 0 Å². The van der Waals surface area contributed by atoms with E-state index < -0.39 is 0 Å². The normalized spacial score (nSPS) is 14.1. The van der Waals surface area contributed by atoms with E-state index in [1.54, 1.807) is 24.1 Å². The van der Waals surface area contributed by atoms with Gasteiger partial charge < -0.3 is 15.0 Å². The number of methoxy groups -OCH3 is 1. The Kier molecular flexibility index (Phi) is 4.80. The highest BCUT2D eigenvalue weighted by molar-refractivity contribution is 7.09. The van der Waals surface area contributed by atoms with Gasteiger partial charge in [-0.15, -0.1) is 11.3 Å². The van der Waals surface area contributed by atoms with E-state index in [0.717, 1.165) is 22.8 Å². The Bertz CT molecular complexity index is 772. The summed E-state index contributed by atoms with van der Waals surface area (Å²) in [6.07, 6.45) is 1.65. The van der Waals surface area contributed by atoms with Crippen molar-refractivity contribution in [3.63, 3.8) is 0 Å². The van der Waals surface area contributed by atoms with Gasteiger partial charge in [0.15, 0.2) is 0 Å². The fourth-order valence-corrected chi connectivity index (χ4v) is 3.35. The molecule has 0 saturated carbocycles. The molecule has 1 aliphatic rings. The molecule has 2 heterocycles. The van der Waals surface area contributed by atoms with Gasteiger partial charge in [0.2, 0.25) is 11.8 Å². The molecule has 3 rings (SSSR count). The zero-order valence-electron chi connectivity index (χ0n) is 13.7. The average molecular weight is 345 g/mol. The second kappa shape index (κ2) is 7.00. The summed E-state index contributed by atoms with van der Waals surface area (Å²) in [6.45, 7) is 2.61. The number of hydrogen-bond acceptors (Lipinski definition) is 5. The van der Waals surface area contributed by atoms with Gasteiger partial charge in [-0.3, -0.25) is 9.59 Å². The summed E-state index contributed by atoms with van der Waals surface area (Å²) in [6, 6.07) is 5.34. The van der Waals surface area contributed by atoms with Crippen molar-refractivity contribution in [1.29, 1.82) is 0 Å². The molecule has 0 aliphatic carbocycles. The third kappa shape index (κ3) is 3.56. The SMILES string of the molecule is COc1cc(NC(=O)Cc2csc(C)n2)ccc1N1CCCC1=O. The lowest BCUT2D eigenvalue weighted by Crippen LogP contribution is -2.24. The largest absolute Gasteiger partial charge is 0.494 e. The molecule has 24 heavy (non-hydrogen) atoms. The van der Waals surface area contributed by atoms with E-state index in [1.165, 1.54) is 11.3 Å². The molecule has 0 radical (unpaired) electrons. The second-order valence-electron chi connectivity index (χ2n) is 5.62. The molecular weight excluding hydrogens is 326 g/mol. The van der Waals surface area contributed by atoms with Crippen LogP contribution in [0.15, 0.2) is 23.6 Å². The zero-order chi connectivity index (χ0) is 17.1. The Morgan fingerprint density at radius 1 is 1.46 bits per heavy atom. The summed E-state index contributed by atoms with van der Waals surface area (Å²) in [5, 5.41) is 5.68. The molecule has 1 saturated heterocycles. The molecule has 126 valence electrons. The van der Waals surface area contributed by atoms with Crippen LogP contribution in [0, 0.1) is 6.92 Å². The Labute approximate surface area is 144 Å². The molecule has 1 aromatic carbocycles. The van der Waals surface area contributed by atoms with Crippen molar-refractivity contribution < 1.29 is 14.3 Å². The zero-order valence-corrected chi connectivity index (χ0v) is 14.5. The molecule has 1 N–H and O–H groups in total. The standard InChI is InChI=1S/C17H19N3O3S/c1-11-18-13(10-24-11)9-16(21)19-12-5-6-14(15(8-12)23-2)20-7-3-4-17(20)22/h5-6,8,10H,3-4,7,9H2,1-2H3,(H,19,21). The van der Waals surface area contributed by atoms with Gasteiger partial charge in [-0.1, -0.05) is 0 Å². The maximum absolute atomic E-state index is 12.1. The topological polar surface area (TPSA) is 71.5 Å². The van der Waals surface area contributed by atoms with E-state index in [2.05, 4.69) is 10.3 Å². The quantitative estimate of drug-likeness (QED) is 0.904. The first-order chi connectivity index (χ1) is 11.6. The number of carbonyl (C=O) groups is 2. The molecule has 2 aromatic rings. The first-order valence-corrected chi connectivity index (χ1v) is 8.64. The maximum Gasteiger partial charge on any atom is 0.230 e. The minimum atomic E-state index is -0.132. The van der Waals surface area contributed by atoms with Crippen LogP contribution in [0.25, 0.3) is 0 Å². The van der Waals surface area contributed by atoms with Crippen molar-refractivity contribution in [1.82, 2.24) is 4.98 Å². The number of aromatic nitrogens is 1. The summed E-state index contributed by atoms with van der Waals surface area (Å²) in [5.41, 5.74) is 2.15. The van der Waals surface area contributed by atoms with Crippen molar-refractivity contribution in [2.75, 3.05) is 23.9 Å². The van der Waals surface area contributed by atoms with E-state index >= 15 is 0 Å². The molecular formula is C17H19N3O3S. The lowest BCUT2D eigenvalue weighted by atomic mass is 10.2. The van der Waals surface area contributed by atoms with Crippen LogP contribution in [-0.2, 0) is 16.0 Å². The summed E-state index contributed by atoms with van der Waals surface area (Å²) >= 11 is 1.53. The van der Waals surface area contributed by atoms with E-state index in [1.807, 2.05) is 18.4 Å². The highest BCUT2D eigenvalue weighted by atomic mass is 32.1. The Balaban J connectivity index is 1.72. The number of nitrogens with one attached hydrogen (secondary N) is 1. The summed E-state index contributed by atoms with van der Waals surface area (Å²) in [7, 11) is 1.56. The number of hydrogen-bond donors (Lipinski definition) is 1. The van der Waals surface area contributed by atoms with Crippen molar-refractivity contribution in [3.8, 4) is 5.75 Å². The first-order valence-electron chi connectivity index (χ1n) is 7.76. The van der Waals surface area contributed by atoms with Crippen LogP contribution in [0.4, 0.5) is 11.4 Å². The second-order valence-corrected chi connectivity index (χ2v) is 6.68. The number of thiazole rings is 1. The van der Waals surface area contributed by atoms with E-state index in [4.69, 9.17) is 4.74 Å². The molecule has 0 spiro atoms. The third-order valence-electron chi connectivity index (χ3n) is 3.84. The van der Waals surface area contributed by atoms with Gasteiger partial charge >= 0.3 is 0 Å². The van der Waals surface area contributed by atoms with Crippen molar-refractivity contribution in [3.05, 3.63) is 34.3 Å². The predicted molar refractivity (Wildman–Crippen MR) is 93.8 cm³/mol. The molecule has 1 aliphatic heterocycles. The predicted octanol–water partition coefficient (Wildman–Crippen LogP) is 2.77. The lowest BCUT2D eigenvalue weighted by molar-refractivity contribution is -0.117. The smallest absolute Gasteiger partial charge is 0.230 e. The van der Waals surface area contributed by atoms with E-state index in [0.29, 0.717) is 24.4 Å². The monoisotopic (exact) mass is 345 g/mol. The molecule has 0 bridgehead atoms. The molecule has 0 unspecified atom stereocenters. The molecule has 7 heteroatoms. The van der Waals surface area contributed by atoms with Crippen LogP contribution < -0.4 is 15.0 Å². The van der Waals surface area contributed by atoms with Gasteiger partial charge in [0, 0.05) is 30.1 Å². The average Bonchev–Trinajstić information content (AvgIpc) is 3.15. The van der Waals surface area contributed by atoms with Crippen LogP contribution in [0.5, 0.6) is 5.75 Å². The number of nitrogens with zero attached hydrogens (tertiary/aromatic N) is 2. The van der Waals surface area contributed by atoms with Crippen LogP contribution in [-0.4, -0.2) is 30.5 Å². The highest BCUT2D eigenvalue weighted by Crippen LogP contribution is 2.33. The molecule has 2 amide bonds. The summed E-state index contributed by atoms with van der Waals surface area (Å²) < 4.78 is 5.39. The minimum absolute atomic E-state index is 0.101. The molecule has 0 atom stereocenters. The number of benzene rings is 1. The van der Waals surface area contributed by atoms with Gasteiger partial charge in [0.1, 0.15) is 5.75 Å². The molecule has 1 fully saturated rings. The van der Waals surface area contributed by atoms with Gasteiger partial charge in [-0.2, -0.15) is 0 Å². The lowest BCUT2D eigenvalue weighted by Gasteiger charge is -2.19. The molecule has 1 aromatic heterocycles. The van der Waals surface area contributed by atoms with Gasteiger partial charge in [0.25, 0.3) is 0 Å². The van der Waals surface area contributed by atoms with Crippen molar-refractivity contribution in [2.45, 2.75) is 26.2 Å². The maximum atomic E-state index is 12.1. The summed E-state index contributed by atoms with van der Waals surface area (Å²) in [4.78, 5) is 30.1. The van der Waals surface area contributed by atoms with Crippen molar-refractivity contribution in [2.24, 2.45) is 0 Å². The van der Waals surface area contributed by atoms with Crippen LogP contribution in [0.1, 0.15) is 23.5 Å². The van der Waals surface area contributed by atoms with E-state index in [-0.39, 0.29) is 18.2 Å². The van der Waals surface area contributed by atoms with Crippen molar-refractivity contribution >= 4 is 34.5 Å². The van der Waals surface area contributed by atoms with Gasteiger partial charge in [-0.25, -0.2) is 4.98 Å². The minimum Gasteiger partial charge on any atom is -0.494 e. The molecule has 6 nitrogen and oxygen atoms in total. The Hall–Kier alpha value is -2.41. The number of aryl methyl sites for hydroxylation is 1.